The number of benzene rings is 1. The predicted molar refractivity (Wildman–Crippen MR) is 59.6 cm³/mol. The second kappa shape index (κ2) is 6.23. The third-order valence-corrected chi connectivity index (χ3v) is 2.44. The number of hydrogen-bond donors (Lipinski definition) is 1. The van der Waals surface area contributed by atoms with Crippen LogP contribution in [0.15, 0.2) is 24.3 Å². The maximum atomic E-state index is 12.7. The number of esters is 1. The topological polar surface area (TPSA) is 38.3 Å². The lowest BCUT2D eigenvalue weighted by atomic mass is 10.0. The van der Waals surface area contributed by atoms with Crippen LogP contribution in [0.1, 0.15) is 12.0 Å². The molecule has 1 unspecified atom stereocenters. The van der Waals surface area contributed by atoms with Gasteiger partial charge in [-0.05, 0) is 31.2 Å². The van der Waals surface area contributed by atoms with Gasteiger partial charge in [0.15, 0.2) is 0 Å². The second-order valence-electron chi connectivity index (χ2n) is 3.60. The van der Waals surface area contributed by atoms with Crippen LogP contribution in [0.5, 0.6) is 0 Å². The molecule has 4 heteroatoms. The van der Waals surface area contributed by atoms with Crippen molar-refractivity contribution < 1.29 is 13.9 Å². The summed E-state index contributed by atoms with van der Waals surface area (Å²) in [6, 6.07) is 6.28. The Morgan fingerprint density at radius 2 is 2.06 bits per heavy atom. The zero-order chi connectivity index (χ0) is 12.0. The standard InChI is InChI=1S/C12H16FNO2/c1-14-11(8-12(15)16-2)7-9-3-5-10(13)6-4-9/h3-6,11,14H,7-8H2,1-2H3. The van der Waals surface area contributed by atoms with Gasteiger partial charge in [0.25, 0.3) is 0 Å². The summed E-state index contributed by atoms with van der Waals surface area (Å²) in [5.74, 6) is -0.501. The molecule has 0 aliphatic heterocycles. The first kappa shape index (κ1) is 12.6. The van der Waals surface area contributed by atoms with E-state index in [9.17, 15) is 9.18 Å². The minimum Gasteiger partial charge on any atom is -0.469 e. The highest BCUT2D eigenvalue weighted by Gasteiger charge is 2.12. The van der Waals surface area contributed by atoms with E-state index in [1.54, 1.807) is 19.2 Å². The summed E-state index contributed by atoms with van der Waals surface area (Å²) >= 11 is 0. The summed E-state index contributed by atoms with van der Waals surface area (Å²) in [6.45, 7) is 0. The van der Waals surface area contributed by atoms with Gasteiger partial charge in [-0.25, -0.2) is 4.39 Å². The highest BCUT2D eigenvalue weighted by Crippen LogP contribution is 2.08. The molecular weight excluding hydrogens is 209 g/mol. The average Bonchev–Trinajstić information content (AvgIpc) is 2.30. The van der Waals surface area contributed by atoms with Crippen LogP contribution < -0.4 is 5.32 Å². The monoisotopic (exact) mass is 225 g/mol. The second-order valence-corrected chi connectivity index (χ2v) is 3.60. The maximum absolute atomic E-state index is 12.7. The third-order valence-electron chi connectivity index (χ3n) is 2.44. The number of carbonyl (C=O) groups is 1. The number of ether oxygens (including phenoxy) is 1. The first-order valence-corrected chi connectivity index (χ1v) is 5.14. The zero-order valence-corrected chi connectivity index (χ0v) is 9.50. The molecule has 3 nitrogen and oxygen atoms in total. The van der Waals surface area contributed by atoms with Crippen molar-refractivity contribution in [1.82, 2.24) is 5.32 Å². The molecule has 0 amide bonds. The fraction of sp³-hybridized carbons (Fsp3) is 0.417. The number of halogens is 1. The summed E-state index contributed by atoms with van der Waals surface area (Å²) in [6.07, 6.45) is 0.982. The van der Waals surface area contributed by atoms with Crippen molar-refractivity contribution in [3.05, 3.63) is 35.6 Å². The molecule has 0 aliphatic carbocycles. The molecule has 0 aromatic heterocycles. The summed E-state index contributed by atoms with van der Waals surface area (Å²) < 4.78 is 17.3. The van der Waals surface area contributed by atoms with Gasteiger partial charge in [0.05, 0.1) is 13.5 Å². The molecule has 0 fully saturated rings. The molecule has 1 aromatic carbocycles. The Morgan fingerprint density at radius 3 is 2.56 bits per heavy atom. The van der Waals surface area contributed by atoms with Crippen molar-refractivity contribution in [2.24, 2.45) is 0 Å². The molecule has 0 bridgehead atoms. The van der Waals surface area contributed by atoms with E-state index in [0.29, 0.717) is 12.8 Å². The zero-order valence-electron chi connectivity index (χ0n) is 9.50. The molecule has 1 N–H and O–H groups in total. The predicted octanol–water partition coefficient (Wildman–Crippen LogP) is 1.52. The van der Waals surface area contributed by atoms with E-state index in [0.717, 1.165) is 5.56 Å². The Morgan fingerprint density at radius 1 is 1.44 bits per heavy atom. The van der Waals surface area contributed by atoms with Gasteiger partial charge in [-0.1, -0.05) is 12.1 Å². The third kappa shape index (κ3) is 3.98. The van der Waals surface area contributed by atoms with Crippen LogP contribution in [0.25, 0.3) is 0 Å². The quantitative estimate of drug-likeness (QED) is 0.772. The van der Waals surface area contributed by atoms with Gasteiger partial charge in [0, 0.05) is 6.04 Å². The number of hydrogen-bond acceptors (Lipinski definition) is 3. The highest BCUT2D eigenvalue weighted by molar-refractivity contribution is 5.69. The number of nitrogens with one attached hydrogen (secondary N) is 1. The normalized spacial score (nSPS) is 12.2. The molecule has 0 radical (unpaired) electrons. The maximum Gasteiger partial charge on any atom is 0.307 e. The molecule has 0 aliphatic rings. The minimum atomic E-state index is -0.252. The summed E-state index contributed by atoms with van der Waals surface area (Å²) in [4.78, 5) is 11.1. The Balaban J connectivity index is 2.56. The number of rotatable bonds is 5. The summed E-state index contributed by atoms with van der Waals surface area (Å²) in [5, 5.41) is 3.04. The average molecular weight is 225 g/mol. The molecule has 1 rings (SSSR count). The molecule has 0 heterocycles. The van der Waals surface area contributed by atoms with Gasteiger partial charge >= 0.3 is 5.97 Å². The number of methoxy groups -OCH3 is 1. The lowest BCUT2D eigenvalue weighted by Crippen LogP contribution is -2.30. The van der Waals surface area contributed by atoms with Crippen molar-refractivity contribution >= 4 is 5.97 Å². The van der Waals surface area contributed by atoms with Crippen LogP contribution in [0.4, 0.5) is 4.39 Å². The Labute approximate surface area is 94.6 Å². The molecule has 1 aromatic rings. The van der Waals surface area contributed by atoms with Crippen molar-refractivity contribution in [3.8, 4) is 0 Å². The van der Waals surface area contributed by atoms with E-state index >= 15 is 0 Å². The molecule has 88 valence electrons. The molecule has 0 saturated heterocycles. The minimum absolute atomic E-state index is 0.0120. The van der Waals surface area contributed by atoms with Crippen LogP contribution in [0.3, 0.4) is 0 Å². The SMILES string of the molecule is CNC(CC(=O)OC)Cc1ccc(F)cc1. The molecular formula is C12H16FNO2. The lowest BCUT2D eigenvalue weighted by Gasteiger charge is -2.14. The Kier molecular flexibility index (Phi) is 4.92. The van der Waals surface area contributed by atoms with E-state index in [1.165, 1.54) is 19.2 Å². The summed E-state index contributed by atoms with van der Waals surface area (Å²) in [7, 11) is 3.16. The van der Waals surface area contributed by atoms with Crippen LogP contribution in [-0.4, -0.2) is 26.2 Å². The van der Waals surface area contributed by atoms with Crippen LogP contribution >= 0.6 is 0 Å². The van der Waals surface area contributed by atoms with Crippen molar-refractivity contribution in [2.45, 2.75) is 18.9 Å². The fourth-order valence-corrected chi connectivity index (χ4v) is 1.47. The van der Waals surface area contributed by atoms with Gasteiger partial charge in [-0.2, -0.15) is 0 Å². The van der Waals surface area contributed by atoms with Gasteiger partial charge in [0.2, 0.25) is 0 Å². The van der Waals surface area contributed by atoms with Gasteiger partial charge < -0.3 is 10.1 Å². The molecule has 1 atom stereocenters. The Bertz CT molecular complexity index is 337. The van der Waals surface area contributed by atoms with Crippen molar-refractivity contribution in [3.63, 3.8) is 0 Å². The van der Waals surface area contributed by atoms with Gasteiger partial charge in [-0.15, -0.1) is 0 Å². The number of likely N-dealkylation sites (N-methyl/N-ethyl adjacent to an activating group) is 1. The van der Waals surface area contributed by atoms with E-state index < -0.39 is 0 Å². The van der Waals surface area contributed by atoms with E-state index in [4.69, 9.17) is 0 Å². The van der Waals surface area contributed by atoms with Crippen LogP contribution in [-0.2, 0) is 16.0 Å². The number of carbonyl (C=O) groups excluding carboxylic acids is 1. The fourth-order valence-electron chi connectivity index (χ4n) is 1.47. The van der Waals surface area contributed by atoms with Gasteiger partial charge in [-0.3, -0.25) is 4.79 Å². The van der Waals surface area contributed by atoms with Crippen molar-refractivity contribution in [1.29, 1.82) is 0 Å². The summed E-state index contributed by atoms with van der Waals surface area (Å²) in [5.41, 5.74) is 0.990. The van der Waals surface area contributed by atoms with E-state index in [2.05, 4.69) is 10.1 Å². The molecule has 16 heavy (non-hydrogen) atoms. The Hall–Kier alpha value is -1.42. The van der Waals surface area contributed by atoms with Crippen molar-refractivity contribution in [2.75, 3.05) is 14.2 Å². The van der Waals surface area contributed by atoms with Gasteiger partial charge in [0.1, 0.15) is 5.82 Å². The first-order valence-electron chi connectivity index (χ1n) is 5.14. The molecule has 0 saturated carbocycles. The van der Waals surface area contributed by atoms with E-state index in [1.807, 2.05) is 0 Å². The molecule has 0 spiro atoms. The van der Waals surface area contributed by atoms with Crippen LogP contribution in [0, 0.1) is 5.82 Å². The lowest BCUT2D eigenvalue weighted by molar-refractivity contribution is -0.141. The first-order chi connectivity index (χ1) is 7.65. The smallest absolute Gasteiger partial charge is 0.307 e. The largest absolute Gasteiger partial charge is 0.469 e. The highest BCUT2D eigenvalue weighted by atomic mass is 19.1. The van der Waals surface area contributed by atoms with E-state index in [-0.39, 0.29) is 17.8 Å². The van der Waals surface area contributed by atoms with Crippen LogP contribution in [0.2, 0.25) is 0 Å².